The Morgan fingerprint density at radius 2 is 2.11 bits per heavy atom. The summed E-state index contributed by atoms with van der Waals surface area (Å²) in [5, 5.41) is 0. The van der Waals surface area contributed by atoms with Crippen LogP contribution in [0.3, 0.4) is 0 Å². The molecular weight excluding hydrogens is 108 g/mol. The normalized spacial score (nSPS) is 36.1. The molecule has 0 unspecified atom stereocenters. The van der Waals surface area contributed by atoms with Gasteiger partial charge in [-0.25, -0.2) is 0 Å². The van der Waals surface area contributed by atoms with E-state index in [2.05, 4.69) is 26.8 Å². The Morgan fingerprint density at radius 3 is 2.56 bits per heavy atom. The molecule has 0 bridgehead atoms. The number of hydrogen-bond acceptors (Lipinski definition) is 0. The number of allylic oxidation sites excluding steroid dienone is 2. The van der Waals surface area contributed by atoms with E-state index in [0.717, 1.165) is 11.8 Å². The summed E-state index contributed by atoms with van der Waals surface area (Å²) in [6.07, 6.45) is 5.13. The van der Waals surface area contributed by atoms with Gasteiger partial charge in [0.2, 0.25) is 0 Å². The summed E-state index contributed by atoms with van der Waals surface area (Å²) in [7, 11) is 0. The Bertz CT molecular complexity index is 122. The molecule has 0 radical (unpaired) electrons. The lowest BCUT2D eigenvalue weighted by molar-refractivity contribution is 0.404. The van der Waals surface area contributed by atoms with E-state index >= 15 is 0 Å². The predicted molar refractivity (Wildman–Crippen MR) is 41.3 cm³/mol. The highest BCUT2D eigenvalue weighted by Gasteiger charge is 2.14. The second kappa shape index (κ2) is 2.55. The molecule has 0 heteroatoms. The minimum absolute atomic E-state index is 0.818. The van der Waals surface area contributed by atoms with Gasteiger partial charge in [-0.1, -0.05) is 25.5 Å². The quantitative estimate of drug-likeness (QED) is 0.435. The summed E-state index contributed by atoms with van der Waals surface area (Å²) in [5.41, 5.74) is 1.58. The Balaban J connectivity index is 2.58. The molecule has 0 nitrogen and oxygen atoms in total. The van der Waals surface area contributed by atoms with Gasteiger partial charge in [0.1, 0.15) is 0 Å². The summed E-state index contributed by atoms with van der Waals surface area (Å²) in [6, 6.07) is 0. The van der Waals surface area contributed by atoms with Crippen LogP contribution in [0, 0.1) is 11.8 Å². The molecule has 1 aliphatic rings. The maximum Gasteiger partial charge on any atom is -0.0234 e. The highest BCUT2D eigenvalue weighted by Crippen LogP contribution is 2.27. The standard InChI is InChI=1S/C9H16/c1-7-4-5-8(2)9(3)6-7/h6,8-9H,4-5H2,1-3H3/t8-,9-/m1/s1. The van der Waals surface area contributed by atoms with Crippen LogP contribution < -0.4 is 0 Å². The van der Waals surface area contributed by atoms with Crippen molar-refractivity contribution < 1.29 is 0 Å². The Kier molecular flexibility index (Phi) is 1.94. The maximum absolute atomic E-state index is 2.41. The SMILES string of the molecule is CC1=C[C@@H](C)[C@H](C)CC1. The van der Waals surface area contributed by atoms with Gasteiger partial charge >= 0.3 is 0 Å². The number of hydrogen-bond donors (Lipinski definition) is 0. The zero-order chi connectivity index (χ0) is 6.85. The van der Waals surface area contributed by atoms with Crippen molar-refractivity contribution in [2.75, 3.05) is 0 Å². The fraction of sp³-hybridized carbons (Fsp3) is 0.778. The second-order valence-corrected chi connectivity index (χ2v) is 3.39. The van der Waals surface area contributed by atoms with Crippen LogP contribution in [0.1, 0.15) is 33.6 Å². The van der Waals surface area contributed by atoms with Crippen LogP contribution in [-0.2, 0) is 0 Å². The molecule has 9 heavy (non-hydrogen) atoms. The molecule has 0 saturated carbocycles. The third-order valence-electron chi connectivity index (χ3n) is 2.44. The van der Waals surface area contributed by atoms with Crippen molar-refractivity contribution in [3.05, 3.63) is 11.6 Å². The Morgan fingerprint density at radius 1 is 1.44 bits per heavy atom. The molecule has 1 aliphatic carbocycles. The van der Waals surface area contributed by atoms with E-state index in [1.165, 1.54) is 12.8 Å². The fourth-order valence-corrected chi connectivity index (χ4v) is 1.41. The van der Waals surface area contributed by atoms with E-state index in [-0.39, 0.29) is 0 Å². The minimum atomic E-state index is 0.818. The topological polar surface area (TPSA) is 0 Å². The first-order valence-corrected chi connectivity index (χ1v) is 3.87. The van der Waals surface area contributed by atoms with Gasteiger partial charge in [-0.2, -0.15) is 0 Å². The molecule has 0 fully saturated rings. The van der Waals surface area contributed by atoms with Crippen molar-refractivity contribution in [3.8, 4) is 0 Å². The predicted octanol–water partition coefficient (Wildman–Crippen LogP) is 3.00. The van der Waals surface area contributed by atoms with Crippen molar-refractivity contribution in [2.45, 2.75) is 33.6 Å². The molecule has 0 N–H and O–H groups in total. The van der Waals surface area contributed by atoms with Crippen LogP contribution in [0.25, 0.3) is 0 Å². The van der Waals surface area contributed by atoms with Crippen molar-refractivity contribution in [1.29, 1.82) is 0 Å². The first-order chi connectivity index (χ1) is 4.20. The van der Waals surface area contributed by atoms with Crippen molar-refractivity contribution in [3.63, 3.8) is 0 Å². The van der Waals surface area contributed by atoms with Gasteiger partial charge in [0.05, 0.1) is 0 Å². The molecule has 1 rings (SSSR count). The minimum Gasteiger partial charge on any atom is -0.0825 e. The van der Waals surface area contributed by atoms with Crippen LogP contribution in [0.4, 0.5) is 0 Å². The van der Waals surface area contributed by atoms with Gasteiger partial charge in [0, 0.05) is 0 Å². The molecule has 0 saturated heterocycles. The van der Waals surface area contributed by atoms with Crippen LogP contribution in [-0.4, -0.2) is 0 Å². The first kappa shape index (κ1) is 6.85. The summed E-state index contributed by atoms with van der Waals surface area (Å²) < 4.78 is 0. The van der Waals surface area contributed by atoms with Gasteiger partial charge in [0.25, 0.3) is 0 Å². The van der Waals surface area contributed by atoms with E-state index in [4.69, 9.17) is 0 Å². The van der Waals surface area contributed by atoms with E-state index in [0.29, 0.717) is 0 Å². The third kappa shape index (κ3) is 1.57. The van der Waals surface area contributed by atoms with E-state index < -0.39 is 0 Å². The Labute approximate surface area is 58.0 Å². The van der Waals surface area contributed by atoms with Crippen molar-refractivity contribution in [1.82, 2.24) is 0 Å². The summed E-state index contributed by atoms with van der Waals surface area (Å²) >= 11 is 0. The monoisotopic (exact) mass is 124 g/mol. The van der Waals surface area contributed by atoms with Gasteiger partial charge in [-0.3, -0.25) is 0 Å². The summed E-state index contributed by atoms with van der Waals surface area (Å²) in [6.45, 7) is 6.89. The molecule has 0 spiro atoms. The molecule has 2 atom stereocenters. The van der Waals surface area contributed by atoms with E-state index in [1.807, 2.05) is 0 Å². The lowest BCUT2D eigenvalue weighted by Gasteiger charge is -2.22. The molecule has 0 aromatic rings. The van der Waals surface area contributed by atoms with Crippen LogP contribution in [0.2, 0.25) is 0 Å². The molecule has 0 aliphatic heterocycles. The highest BCUT2D eigenvalue weighted by molar-refractivity contribution is 5.05. The van der Waals surface area contributed by atoms with Crippen LogP contribution in [0.15, 0.2) is 11.6 Å². The first-order valence-electron chi connectivity index (χ1n) is 3.87. The second-order valence-electron chi connectivity index (χ2n) is 3.39. The largest absolute Gasteiger partial charge is 0.0825 e. The average Bonchev–Trinajstić information content (AvgIpc) is 1.80. The van der Waals surface area contributed by atoms with Crippen LogP contribution in [0.5, 0.6) is 0 Å². The molecule has 0 amide bonds. The Hall–Kier alpha value is -0.260. The number of rotatable bonds is 0. The molecule has 0 aromatic heterocycles. The van der Waals surface area contributed by atoms with Gasteiger partial charge in [-0.15, -0.1) is 0 Å². The molecule has 52 valence electrons. The van der Waals surface area contributed by atoms with Crippen LogP contribution >= 0.6 is 0 Å². The average molecular weight is 124 g/mol. The van der Waals surface area contributed by atoms with E-state index in [9.17, 15) is 0 Å². The lowest BCUT2D eigenvalue weighted by atomic mass is 9.84. The molecule has 0 heterocycles. The maximum atomic E-state index is 2.41. The summed E-state index contributed by atoms with van der Waals surface area (Å²) in [4.78, 5) is 0. The van der Waals surface area contributed by atoms with Gasteiger partial charge < -0.3 is 0 Å². The lowest BCUT2D eigenvalue weighted by Crippen LogP contribution is -2.10. The van der Waals surface area contributed by atoms with Gasteiger partial charge in [-0.05, 0) is 31.6 Å². The highest BCUT2D eigenvalue weighted by atomic mass is 14.2. The van der Waals surface area contributed by atoms with Gasteiger partial charge in [0.15, 0.2) is 0 Å². The van der Waals surface area contributed by atoms with E-state index in [1.54, 1.807) is 5.57 Å². The zero-order valence-electron chi connectivity index (χ0n) is 6.65. The third-order valence-corrected chi connectivity index (χ3v) is 2.44. The fourth-order valence-electron chi connectivity index (χ4n) is 1.41. The zero-order valence-corrected chi connectivity index (χ0v) is 6.65. The smallest absolute Gasteiger partial charge is 0.0234 e. The summed E-state index contributed by atoms with van der Waals surface area (Å²) in [5.74, 6) is 1.73. The van der Waals surface area contributed by atoms with Crippen molar-refractivity contribution >= 4 is 0 Å². The molecular formula is C9H16. The molecule has 0 aromatic carbocycles. The van der Waals surface area contributed by atoms with Crippen molar-refractivity contribution in [2.24, 2.45) is 11.8 Å².